The number of benzene rings is 3. The number of carbonyl (C=O) groups excluding carboxylic acids is 1. The van der Waals surface area contributed by atoms with E-state index in [9.17, 15) is 14.3 Å². The molecule has 3 rings (SSSR count). The quantitative estimate of drug-likeness (QED) is 0.541. The fraction of sp³-hybridized carbons (Fsp3) is 0.240. The smallest absolute Gasteiger partial charge is 0.255 e. The molecule has 0 saturated carbocycles. The summed E-state index contributed by atoms with van der Waals surface area (Å²) in [7, 11) is 0. The first-order chi connectivity index (χ1) is 14.5. The summed E-state index contributed by atoms with van der Waals surface area (Å²) in [5.41, 5.74) is 2.32. The molecule has 0 saturated heterocycles. The minimum Gasteiger partial charge on any atom is -0.488 e. The van der Waals surface area contributed by atoms with E-state index < -0.39 is 6.10 Å². The van der Waals surface area contributed by atoms with Crippen LogP contribution in [0.3, 0.4) is 0 Å². The number of para-hydroxylation sites is 1. The van der Waals surface area contributed by atoms with E-state index in [1.807, 2.05) is 30.3 Å². The molecule has 30 heavy (non-hydrogen) atoms. The van der Waals surface area contributed by atoms with Gasteiger partial charge in [0.25, 0.3) is 5.91 Å². The summed E-state index contributed by atoms with van der Waals surface area (Å²) in [6.45, 7) is 2.38. The highest BCUT2D eigenvalue weighted by atomic mass is 19.1. The zero-order valence-corrected chi connectivity index (χ0v) is 16.9. The number of aliphatic hydroxyl groups excluding tert-OH is 1. The molecule has 1 amide bonds. The fourth-order valence-corrected chi connectivity index (χ4v) is 3.31. The molecule has 0 aromatic heterocycles. The monoisotopic (exact) mass is 407 g/mol. The number of ether oxygens (including phenoxy) is 1. The number of amides is 1. The van der Waals surface area contributed by atoms with E-state index in [1.165, 1.54) is 12.1 Å². The molecular weight excluding hydrogens is 381 g/mol. The first-order valence-electron chi connectivity index (χ1n) is 10.0. The van der Waals surface area contributed by atoms with Crippen LogP contribution in [0.4, 0.5) is 4.39 Å². The van der Waals surface area contributed by atoms with Crippen molar-refractivity contribution in [1.82, 2.24) is 5.32 Å². The lowest BCUT2D eigenvalue weighted by Gasteiger charge is -2.20. The Labute approximate surface area is 176 Å². The predicted octanol–water partition coefficient (Wildman–Crippen LogP) is 4.69. The second kappa shape index (κ2) is 10.6. The van der Waals surface area contributed by atoms with Crippen molar-refractivity contribution in [2.24, 2.45) is 0 Å². The largest absolute Gasteiger partial charge is 0.488 e. The zero-order valence-electron chi connectivity index (χ0n) is 16.9. The summed E-state index contributed by atoms with van der Waals surface area (Å²) in [5, 5.41) is 12.8. The minimum atomic E-state index is -0.474. The molecule has 0 radical (unpaired) electrons. The number of aliphatic hydroxyl groups is 1. The van der Waals surface area contributed by atoms with Gasteiger partial charge in [-0.3, -0.25) is 4.79 Å². The van der Waals surface area contributed by atoms with Crippen LogP contribution in [0.5, 0.6) is 5.75 Å². The summed E-state index contributed by atoms with van der Waals surface area (Å²) in [4.78, 5) is 12.8. The molecule has 0 heterocycles. The number of carbonyl (C=O) groups is 1. The van der Waals surface area contributed by atoms with Gasteiger partial charge in [-0.25, -0.2) is 4.39 Å². The molecule has 0 unspecified atom stereocenters. The van der Waals surface area contributed by atoms with E-state index >= 15 is 0 Å². The molecule has 0 aliphatic rings. The van der Waals surface area contributed by atoms with Gasteiger partial charge in [0.05, 0.1) is 11.7 Å². The molecule has 2 N–H and O–H groups in total. The lowest BCUT2D eigenvalue weighted by molar-refractivity contribution is 0.0941. The molecule has 0 fully saturated rings. The fourth-order valence-electron chi connectivity index (χ4n) is 3.31. The van der Waals surface area contributed by atoms with Crippen LogP contribution in [0, 0.1) is 5.82 Å². The molecule has 0 spiro atoms. The highest BCUT2D eigenvalue weighted by molar-refractivity contribution is 5.96. The SMILES string of the molecule is C[C@H](O)C[C@@H](CNC(=O)c1ccccc1OCc1ccc(F)cc1)c1ccccc1. The van der Waals surface area contributed by atoms with E-state index in [-0.39, 0.29) is 24.2 Å². The van der Waals surface area contributed by atoms with Crippen molar-refractivity contribution in [2.45, 2.75) is 32.0 Å². The van der Waals surface area contributed by atoms with E-state index in [0.717, 1.165) is 11.1 Å². The van der Waals surface area contributed by atoms with Crippen LogP contribution in [0.15, 0.2) is 78.9 Å². The number of hydrogen-bond acceptors (Lipinski definition) is 3. The molecule has 0 bridgehead atoms. The lowest BCUT2D eigenvalue weighted by atomic mass is 9.93. The molecule has 3 aromatic rings. The first-order valence-corrected chi connectivity index (χ1v) is 10.0. The van der Waals surface area contributed by atoms with Gasteiger partial charge >= 0.3 is 0 Å². The molecule has 0 aliphatic heterocycles. The van der Waals surface area contributed by atoms with Gasteiger partial charge in [-0.2, -0.15) is 0 Å². The third kappa shape index (κ3) is 6.16. The van der Waals surface area contributed by atoms with Crippen molar-refractivity contribution in [3.05, 3.63) is 101 Å². The van der Waals surface area contributed by atoms with Crippen LogP contribution in [0.1, 0.15) is 40.7 Å². The number of hydrogen-bond donors (Lipinski definition) is 2. The predicted molar refractivity (Wildman–Crippen MR) is 115 cm³/mol. The number of halogens is 1. The Morgan fingerprint density at radius 2 is 1.67 bits per heavy atom. The van der Waals surface area contributed by atoms with Gasteiger partial charge < -0.3 is 15.2 Å². The third-order valence-electron chi connectivity index (χ3n) is 4.84. The molecule has 3 aromatic carbocycles. The van der Waals surface area contributed by atoms with Gasteiger partial charge in [0, 0.05) is 12.5 Å². The summed E-state index contributed by atoms with van der Waals surface area (Å²) < 4.78 is 18.9. The van der Waals surface area contributed by atoms with E-state index in [1.54, 1.807) is 43.3 Å². The number of nitrogens with one attached hydrogen (secondary N) is 1. The van der Waals surface area contributed by atoms with Crippen LogP contribution in [0.2, 0.25) is 0 Å². The van der Waals surface area contributed by atoms with E-state index in [4.69, 9.17) is 4.74 Å². The van der Waals surface area contributed by atoms with E-state index in [0.29, 0.717) is 24.3 Å². The van der Waals surface area contributed by atoms with Crippen molar-refractivity contribution in [1.29, 1.82) is 0 Å². The van der Waals surface area contributed by atoms with Crippen LogP contribution >= 0.6 is 0 Å². The molecule has 156 valence electrons. The normalized spacial score (nSPS) is 12.8. The number of rotatable bonds is 9. The van der Waals surface area contributed by atoms with Crippen molar-refractivity contribution in [2.75, 3.05) is 6.54 Å². The lowest BCUT2D eigenvalue weighted by Crippen LogP contribution is -2.30. The Morgan fingerprint density at radius 3 is 2.37 bits per heavy atom. The molecule has 4 nitrogen and oxygen atoms in total. The maximum absolute atomic E-state index is 13.1. The standard InChI is InChI=1S/C25H26FNO3/c1-18(28)15-21(20-7-3-2-4-8-20)16-27-25(29)23-9-5-6-10-24(23)30-17-19-11-13-22(26)14-12-19/h2-14,18,21,28H,15-17H2,1H3,(H,27,29)/t18-,21-/m0/s1. The van der Waals surface area contributed by atoms with Crippen LogP contribution in [0.25, 0.3) is 0 Å². The minimum absolute atomic E-state index is 0.00226. The van der Waals surface area contributed by atoms with Crippen molar-refractivity contribution in [3.63, 3.8) is 0 Å². The van der Waals surface area contributed by atoms with Gasteiger partial charge in [0.15, 0.2) is 0 Å². The summed E-state index contributed by atoms with van der Waals surface area (Å²) in [6.07, 6.45) is 0.0749. The summed E-state index contributed by atoms with van der Waals surface area (Å²) >= 11 is 0. The third-order valence-corrected chi connectivity index (χ3v) is 4.84. The molecule has 5 heteroatoms. The van der Waals surface area contributed by atoms with Gasteiger partial charge in [-0.15, -0.1) is 0 Å². The van der Waals surface area contributed by atoms with Crippen LogP contribution in [-0.4, -0.2) is 23.7 Å². The Bertz CT molecular complexity index is 942. The highest BCUT2D eigenvalue weighted by Gasteiger charge is 2.18. The van der Waals surface area contributed by atoms with Gasteiger partial charge in [-0.05, 0) is 48.7 Å². The van der Waals surface area contributed by atoms with Gasteiger partial charge in [-0.1, -0.05) is 54.6 Å². The first kappa shape index (κ1) is 21.5. The Balaban J connectivity index is 1.66. The molecule has 2 atom stereocenters. The molecular formula is C25H26FNO3. The maximum Gasteiger partial charge on any atom is 0.255 e. The van der Waals surface area contributed by atoms with E-state index in [2.05, 4.69) is 5.32 Å². The van der Waals surface area contributed by atoms with Gasteiger partial charge in [0.2, 0.25) is 0 Å². The van der Waals surface area contributed by atoms with Crippen LogP contribution < -0.4 is 10.1 Å². The van der Waals surface area contributed by atoms with Gasteiger partial charge in [0.1, 0.15) is 18.2 Å². The second-order valence-corrected chi connectivity index (χ2v) is 7.31. The average Bonchev–Trinajstić information content (AvgIpc) is 2.76. The maximum atomic E-state index is 13.1. The highest BCUT2D eigenvalue weighted by Crippen LogP contribution is 2.22. The molecule has 0 aliphatic carbocycles. The average molecular weight is 407 g/mol. The van der Waals surface area contributed by atoms with Crippen molar-refractivity contribution in [3.8, 4) is 5.75 Å². The Hall–Kier alpha value is -3.18. The second-order valence-electron chi connectivity index (χ2n) is 7.31. The topological polar surface area (TPSA) is 58.6 Å². The zero-order chi connectivity index (χ0) is 21.3. The van der Waals surface area contributed by atoms with Crippen molar-refractivity contribution < 1.29 is 19.0 Å². The summed E-state index contributed by atoms with van der Waals surface area (Å²) in [5.74, 6) is -0.0755. The Kier molecular flexibility index (Phi) is 7.57. The van der Waals surface area contributed by atoms with Crippen LogP contribution in [-0.2, 0) is 6.61 Å². The summed E-state index contributed by atoms with van der Waals surface area (Å²) in [6, 6.07) is 22.9. The Morgan fingerprint density at radius 1 is 1.00 bits per heavy atom. The van der Waals surface area contributed by atoms with Crippen molar-refractivity contribution >= 4 is 5.91 Å².